The van der Waals surface area contributed by atoms with E-state index in [1.165, 1.54) is 6.07 Å². The van der Waals surface area contributed by atoms with E-state index < -0.39 is 23.5 Å². The van der Waals surface area contributed by atoms with Gasteiger partial charge >= 0.3 is 6.18 Å². The molecule has 0 aromatic heterocycles. The lowest BCUT2D eigenvalue weighted by molar-refractivity contribution is -0.138. The van der Waals surface area contributed by atoms with Gasteiger partial charge in [-0.25, -0.2) is 0 Å². The molecule has 1 aromatic rings. The Balaban J connectivity index is 0.00000256. The smallest absolute Gasteiger partial charge is 0.420 e. The van der Waals surface area contributed by atoms with E-state index in [-0.39, 0.29) is 22.4 Å². The Labute approximate surface area is 112 Å². The van der Waals surface area contributed by atoms with Crippen LogP contribution in [0.3, 0.4) is 0 Å². The van der Waals surface area contributed by atoms with Gasteiger partial charge in [0.25, 0.3) is 0 Å². The zero-order valence-corrected chi connectivity index (χ0v) is 11.3. The highest BCUT2D eigenvalue weighted by molar-refractivity contribution is 9.10. The van der Waals surface area contributed by atoms with Gasteiger partial charge in [-0.15, -0.1) is 12.4 Å². The Morgan fingerprint density at radius 2 is 1.94 bits per heavy atom. The molecule has 7 heteroatoms. The molecule has 2 nitrogen and oxygen atoms in total. The number of benzene rings is 1. The van der Waals surface area contributed by atoms with Crippen LogP contribution in [0, 0.1) is 0 Å². The van der Waals surface area contributed by atoms with Crippen LogP contribution >= 0.6 is 28.3 Å². The third kappa shape index (κ3) is 3.76. The van der Waals surface area contributed by atoms with Crippen molar-refractivity contribution in [2.75, 3.05) is 0 Å². The minimum atomic E-state index is -4.59. The standard InChI is InChI=1S/C10H11BrF3NO.ClH/c1-2-8(15)6-3-5(11)4-7(9(6)16)10(12,13)14;/h3-4,8,16H,2,15H2,1H3;1H/t8-;/m0./s1. The van der Waals surface area contributed by atoms with Gasteiger partial charge in [0.2, 0.25) is 0 Å². The molecule has 0 aliphatic carbocycles. The highest BCUT2D eigenvalue weighted by atomic mass is 79.9. The molecular formula is C10H12BrClF3NO. The molecule has 0 saturated heterocycles. The first-order valence-corrected chi connectivity index (χ1v) is 5.41. The van der Waals surface area contributed by atoms with Crippen molar-refractivity contribution in [1.82, 2.24) is 0 Å². The maximum absolute atomic E-state index is 12.6. The van der Waals surface area contributed by atoms with E-state index in [4.69, 9.17) is 5.73 Å². The van der Waals surface area contributed by atoms with Crippen LogP contribution in [-0.2, 0) is 6.18 Å². The number of halogens is 5. The van der Waals surface area contributed by atoms with Crippen LogP contribution in [-0.4, -0.2) is 5.11 Å². The van der Waals surface area contributed by atoms with Crippen molar-refractivity contribution in [3.05, 3.63) is 27.7 Å². The predicted molar refractivity (Wildman–Crippen MR) is 65.3 cm³/mol. The van der Waals surface area contributed by atoms with E-state index in [1.807, 2.05) is 0 Å². The van der Waals surface area contributed by atoms with Crippen molar-refractivity contribution in [2.45, 2.75) is 25.6 Å². The molecule has 0 saturated carbocycles. The van der Waals surface area contributed by atoms with E-state index in [0.29, 0.717) is 6.42 Å². The highest BCUT2D eigenvalue weighted by Gasteiger charge is 2.35. The second-order valence-corrected chi connectivity index (χ2v) is 4.32. The average molecular weight is 335 g/mol. The maximum atomic E-state index is 12.6. The lowest BCUT2D eigenvalue weighted by atomic mass is 10.0. The molecular weight excluding hydrogens is 322 g/mol. The van der Waals surface area contributed by atoms with Crippen LogP contribution in [0.25, 0.3) is 0 Å². The Morgan fingerprint density at radius 1 is 1.41 bits per heavy atom. The second kappa shape index (κ2) is 5.93. The van der Waals surface area contributed by atoms with Crippen LogP contribution in [0.5, 0.6) is 5.75 Å². The quantitative estimate of drug-likeness (QED) is 0.858. The Hall–Kier alpha value is -0.460. The summed E-state index contributed by atoms with van der Waals surface area (Å²) < 4.78 is 37.9. The minimum Gasteiger partial charge on any atom is -0.507 e. The third-order valence-electron chi connectivity index (χ3n) is 2.25. The molecule has 17 heavy (non-hydrogen) atoms. The molecule has 0 aliphatic rings. The molecule has 98 valence electrons. The Bertz CT molecular complexity index is 398. The van der Waals surface area contributed by atoms with Crippen LogP contribution < -0.4 is 5.73 Å². The summed E-state index contributed by atoms with van der Waals surface area (Å²) in [6.07, 6.45) is -4.14. The largest absolute Gasteiger partial charge is 0.507 e. The summed E-state index contributed by atoms with van der Waals surface area (Å²) in [6.45, 7) is 1.73. The number of aromatic hydroxyl groups is 1. The maximum Gasteiger partial charge on any atom is 0.420 e. The average Bonchev–Trinajstić information content (AvgIpc) is 2.18. The van der Waals surface area contributed by atoms with Crippen LogP contribution in [0.2, 0.25) is 0 Å². The molecule has 3 N–H and O–H groups in total. The molecule has 0 spiro atoms. The molecule has 0 heterocycles. The van der Waals surface area contributed by atoms with Crippen LogP contribution in [0.15, 0.2) is 16.6 Å². The van der Waals surface area contributed by atoms with Gasteiger partial charge in [-0.1, -0.05) is 22.9 Å². The molecule has 0 aliphatic heterocycles. The van der Waals surface area contributed by atoms with Crippen molar-refractivity contribution in [2.24, 2.45) is 5.73 Å². The topological polar surface area (TPSA) is 46.2 Å². The molecule has 1 atom stereocenters. The normalized spacial score (nSPS) is 13.1. The van der Waals surface area contributed by atoms with Crippen molar-refractivity contribution in [1.29, 1.82) is 0 Å². The van der Waals surface area contributed by atoms with E-state index in [1.54, 1.807) is 6.92 Å². The van der Waals surface area contributed by atoms with Gasteiger partial charge in [0.15, 0.2) is 0 Å². The van der Waals surface area contributed by atoms with Crippen molar-refractivity contribution >= 4 is 28.3 Å². The summed E-state index contributed by atoms with van der Waals surface area (Å²) in [5, 5.41) is 9.53. The number of hydrogen-bond donors (Lipinski definition) is 2. The zero-order valence-electron chi connectivity index (χ0n) is 8.88. The number of hydrogen-bond acceptors (Lipinski definition) is 2. The molecule has 0 fully saturated rings. The fraction of sp³-hybridized carbons (Fsp3) is 0.400. The molecule has 1 aromatic carbocycles. The van der Waals surface area contributed by atoms with Gasteiger partial charge in [-0.2, -0.15) is 13.2 Å². The summed E-state index contributed by atoms with van der Waals surface area (Å²) in [4.78, 5) is 0. The molecule has 0 radical (unpaired) electrons. The van der Waals surface area contributed by atoms with Gasteiger partial charge < -0.3 is 10.8 Å². The van der Waals surface area contributed by atoms with Gasteiger partial charge in [-0.3, -0.25) is 0 Å². The number of rotatable bonds is 2. The highest BCUT2D eigenvalue weighted by Crippen LogP contribution is 2.41. The second-order valence-electron chi connectivity index (χ2n) is 3.40. The minimum absolute atomic E-state index is 0. The summed E-state index contributed by atoms with van der Waals surface area (Å²) in [7, 11) is 0. The van der Waals surface area contributed by atoms with Gasteiger partial charge in [0, 0.05) is 16.1 Å². The molecule has 0 unspecified atom stereocenters. The molecule has 0 amide bonds. The molecule has 1 rings (SSSR count). The number of nitrogens with two attached hydrogens (primary N) is 1. The van der Waals surface area contributed by atoms with E-state index in [2.05, 4.69) is 15.9 Å². The van der Waals surface area contributed by atoms with Gasteiger partial charge in [0.1, 0.15) is 5.75 Å². The first-order valence-electron chi connectivity index (χ1n) is 4.62. The van der Waals surface area contributed by atoms with Crippen molar-refractivity contribution in [3.8, 4) is 5.75 Å². The Morgan fingerprint density at radius 3 is 2.35 bits per heavy atom. The number of phenolic OH excluding ortho intramolecular Hbond substituents is 1. The zero-order chi connectivity index (χ0) is 12.5. The number of phenols is 1. The summed E-state index contributed by atoms with van der Waals surface area (Å²) in [6, 6.07) is 1.62. The van der Waals surface area contributed by atoms with Gasteiger partial charge in [0.05, 0.1) is 5.56 Å². The SMILES string of the molecule is CC[C@H](N)c1cc(Br)cc(C(F)(F)F)c1O.Cl. The van der Waals surface area contributed by atoms with E-state index in [9.17, 15) is 18.3 Å². The first-order chi connectivity index (χ1) is 7.27. The van der Waals surface area contributed by atoms with Crippen LogP contribution in [0.4, 0.5) is 13.2 Å². The Kier molecular flexibility index (Phi) is 5.77. The lowest BCUT2D eigenvalue weighted by Crippen LogP contribution is -2.12. The summed E-state index contributed by atoms with van der Waals surface area (Å²) in [5.41, 5.74) is 4.66. The predicted octanol–water partition coefficient (Wildman–Crippen LogP) is 4.01. The monoisotopic (exact) mass is 333 g/mol. The number of alkyl halides is 3. The van der Waals surface area contributed by atoms with Crippen LogP contribution in [0.1, 0.15) is 30.5 Å². The van der Waals surface area contributed by atoms with Crippen molar-refractivity contribution < 1.29 is 18.3 Å². The fourth-order valence-corrected chi connectivity index (χ4v) is 1.81. The van der Waals surface area contributed by atoms with E-state index in [0.717, 1.165) is 6.07 Å². The first kappa shape index (κ1) is 16.5. The lowest BCUT2D eigenvalue weighted by Gasteiger charge is -2.16. The summed E-state index contributed by atoms with van der Waals surface area (Å²) >= 11 is 2.97. The van der Waals surface area contributed by atoms with Gasteiger partial charge in [-0.05, 0) is 18.6 Å². The van der Waals surface area contributed by atoms with E-state index >= 15 is 0 Å². The van der Waals surface area contributed by atoms with Crippen molar-refractivity contribution in [3.63, 3.8) is 0 Å². The fourth-order valence-electron chi connectivity index (χ4n) is 1.34. The molecule has 0 bridgehead atoms. The third-order valence-corrected chi connectivity index (χ3v) is 2.71. The summed E-state index contributed by atoms with van der Waals surface area (Å²) in [5.74, 6) is -0.787.